The van der Waals surface area contributed by atoms with Crippen molar-refractivity contribution in [1.29, 1.82) is 0 Å². The van der Waals surface area contributed by atoms with Crippen LogP contribution in [0.2, 0.25) is 0 Å². The van der Waals surface area contributed by atoms with Crippen LogP contribution in [0.25, 0.3) is 0 Å². The fourth-order valence-corrected chi connectivity index (χ4v) is 1.67. The first kappa shape index (κ1) is 9.99. The number of aryl methyl sites for hydroxylation is 1. The minimum Gasteiger partial charge on any atom is -0.326 e. The molecule has 0 aliphatic heterocycles. The van der Waals surface area contributed by atoms with Crippen molar-refractivity contribution in [3.05, 3.63) is 33.2 Å². The van der Waals surface area contributed by atoms with Crippen molar-refractivity contribution in [3.63, 3.8) is 0 Å². The average molecular weight is 180 g/mol. The lowest BCUT2D eigenvalue weighted by Crippen LogP contribution is -2.24. The minimum atomic E-state index is 0.0645. The van der Waals surface area contributed by atoms with Gasteiger partial charge in [-0.3, -0.25) is 4.79 Å². The van der Waals surface area contributed by atoms with Gasteiger partial charge < -0.3 is 10.3 Å². The SMILES string of the molecule is CCn1c(C)c(CN)c(C)cc1=O. The number of nitrogens with zero attached hydrogens (tertiary/aromatic N) is 1. The second-order valence-electron chi connectivity index (χ2n) is 3.18. The van der Waals surface area contributed by atoms with Crippen molar-refractivity contribution >= 4 is 0 Å². The molecule has 0 bridgehead atoms. The predicted molar refractivity (Wildman–Crippen MR) is 53.7 cm³/mol. The molecular weight excluding hydrogens is 164 g/mol. The molecule has 0 radical (unpaired) electrons. The molecule has 3 heteroatoms. The monoisotopic (exact) mass is 180 g/mol. The molecule has 0 unspecified atom stereocenters. The Labute approximate surface area is 78.2 Å². The van der Waals surface area contributed by atoms with Crippen LogP contribution in [0.3, 0.4) is 0 Å². The fraction of sp³-hybridized carbons (Fsp3) is 0.500. The molecule has 3 nitrogen and oxygen atoms in total. The zero-order valence-corrected chi connectivity index (χ0v) is 8.42. The van der Waals surface area contributed by atoms with Crippen LogP contribution in [0.5, 0.6) is 0 Å². The predicted octanol–water partition coefficient (Wildman–Crippen LogP) is 0.944. The van der Waals surface area contributed by atoms with E-state index in [0.717, 1.165) is 16.8 Å². The van der Waals surface area contributed by atoms with Gasteiger partial charge in [0, 0.05) is 24.8 Å². The first-order valence-electron chi connectivity index (χ1n) is 4.51. The molecular formula is C10H16N2O. The summed E-state index contributed by atoms with van der Waals surface area (Å²) in [5, 5.41) is 0. The average Bonchev–Trinajstić information content (AvgIpc) is 2.04. The van der Waals surface area contributed by atoms with E-state index in [9.17, 15) is 4.79 Å². The zero-order chi connectivity index (χ0) is 10.0. The Bertz CT molecular complexity index is 366. The third-order valence-electron chi connectivity index (χ3n) is 2.44. The summed E-state index contributed by atoms with van der Waals surface area (Å²) in [7, 11) is 0. The van der Waals surface area contributed by atoms with E-state index < -0.39 is 0 Å². The van der Waals surface area contributed by atoms with Gasteiger partial charge in [-0.2, -0.15) is 0 Å². The molecule has 0 aliphatic rings. The van der Waals surface area contributed by atoms with Crippen LogP contribution in [-0.4, -0.2) is 4.57 Å². The van der Waals surface area contributed by atoms with Crippen molar-refractivity contribution in [1.82, 2.24) is 4.57 Å². The summed E-state index contributed by atoms with van der Waals surface area (Å²) >= 11 is 0. The highest BCUT2D eigenvalue weighted by atomic mass is 16.1. The third kappa shape index (κ3) is 1.65. The number of pyridine rings is 1. The quantitative estimate of drug-likeness (QED) is 0.736. The Balaban J connectivity index is 3.48. The highest BCUT2D eigenvalue weighted by Crippen LogP contribution is 2.09. The van der Waals surface area contributed by atoms with Gasteiger partial charge in [-0.1, -0.05) is 0 Å². The topological polar surface area (TPSA) is 48.0 Å². The maximum atomic E-state index is 11.5. The number of nitrogens with two attached hydrogens (primary N) is 1. The van der Waals surface area contributed by atoms with Crippen molar-refractivity contribution in [3.8, 4) is 0 Å². The molecule has 1 heterocycles. The highest BCUT2D eigenvalue weighted by molar-refractivity contribution is 5.28. The molecule has 0 amide bonds. The second kappa shape index (κ2) is 3.75. The van der Waals surface area contributed by atoms with Crippen LogP contribution in [0.1, 0.15) is 23.7 Å². The molecule has 0 saturated heterocycles. The Morgan fingerprint density at radius 3 is 2.54 bits per heavy atom. The fourth-order valence-electron chi connectivity index (χ4n) is 1.67. The Hall–Kier alpha value is -1.09. The highest BCUT2D eigenvalue weighted by Gasteiger charge is 2.06. The van der Waals surface area contributed by atoms with Gasteiger partial charge in [-0.15, -0.1) is 0 Å². The van der Waals surface area contributed by atoms with Gasteiger partial charge in [0.15, 0.2) is 0 Å². The molecule has 2 N–H and O–H groups in total. The summed E-state index contributed by atoms with van der Waals surface area (Å²) in [5.74, 6) is 0. The first-order valence-corrected chi connectivity index (χ1v) is 4.51. The molecule has 13 heavy (non-hydrogen) atoms. The lowest BCUT2D eigenvalue weighted by atomic mass is 10.1. The maximum Gasteiger partial charge on any atom is 0.250 e. The third-order valence-corrected chi connectivity index (χ3v) is 2.44. The lowest BCUT2D eigenvalue weighted by molar-refractivity contribution is 0.686. The summed E-state index contributed by atoms with van der Waals surface area (Å²) in [5.41, 5.74) is 8.75. The standard InChI is InChI=1S/C10H16N2O/c1-4-12-8(3)9(6-11)7(2)5-10(12)13/h5H,4,6,11H2,1-3H3. The summed E-state index contributed by atoms with van der Waals surface area (Å²) in [6.45, 7) is 7.04. The van der Waals surface area contributed by atoms with Crippen molar-refractivity contribution in [2.75, 3.05) is 0 Å². The summed E-state index contributed by atoms with van der Waals surface area (Å²) in [6, 6.07) is 1.65. The van der Waals surface area contributed by atoms with Crippen molar-refractivity contribution in [2.24, 2.45) is 5.73 Å². The molecule has 72 valence electrons. The van der Waals surface area contributed by atoms with E-state index in [1.54, 1.807) is 10.6 Å². The maximum absolute atomic E-state index is 11.5. The summed E-state index contributed by atoms with van der Waals surface area (Å²) in [4.78, 5) is 11.5. The van der Waals surface area contributed by atoms with Gasteiger partial charge in [-0.05, 0) is 31.9 Å². The van der Waals surface area contributed by atoms with Crippen LogP contribution in [-0.2, 0) is 13.1 Å². The Morgan fingerprint density at radius 2 is 2.08 bits per heavy atom. The molecule has 0 saturated carbocycles. The van der Waals surface area contributed by atoms with E-state index in [1.807, 2.05) is 20.8 Å². The van der Waals surface area contributed by atoms with Crippen LogP contribution in [0.15, 0.2) is 10.9 Å². The number of hydrogen-bond acceptors (Lipinski definition) is 2. The van der Waals surface area contributed by atoms with Crippen molar-refractivity contribution in [2.45, 2.75) is 33.9 Å². The van der Waals surface area contributed by atoms with Gasteiger partial charge in [0.25, 0.3) is 5.56 Å². The summed E-state index contributed by atoms with van der Waals surface area (Å²) in [6.07, 6.45) is 0. The van der Waals surface area contributed by atoms with Crippen LogP contribution >= 0.6 is 0 Å². The van der Waals surface area contributed by atoms with Gasteiger partial charge in [-0.25, -0.2) is 0 Å². The molecule has 1 rings (SSSR count). The Kier molecular flexibility index (Phi) is 2.88. The van der Waals surface area contributed by atoms with Gasteiger partial charge in [0.05, 0.1) is 0 Å². The van der Waals surface area contributed by atoms with Crippen LogP contribution < -0.4 is 11.3 Å². The van der Waals surface area contributed by atoms with Gasteiger partial charge in [0.2, 0.25) is 0 Å². The van der Waals surface area contributed by atoms with Crippen LogP contribution in [0, 0.1) is 13.8 Å². The first-order chi connectivity index (χ1) is 6.11. The number of rotatable bonds is 2. The van der Waals surface area contributed by atoms with E-state index in [4.69, 9.17) is 5.73 Å². The van der Waals surface area contributed by atoms with Crippen molar-refractivity contribution < 1.29 is 0 Å². The van der Waals surface area contributed by atoms with E-state index in [-0.39, 0.29) is 5.56 Å². The molecule has 0 spiro atoms. The normalized spacial score (nSPS) is 10.5. The zero-order valence-electron chi connectivity index (χ0n) is 8.42. The smallest absolute Gasteiger partial charge is 0.250 e. The molecule has 0 aromatic carbocycles. The molecule has 0 atom stereocenters. The largest absolute Gasteiger partial charge is 0.326 e. The van der Waals surface area contributed by atoms with Crippen LogP contribution in [0.4, 0.5) is 0 Å². The van der Waals surface area contributed by atoms with E-state index in [2.05, 4.69) is 0 Å². The van der Waals surface area contributed by atoms with Gasteiger partial charge in [0.1, 0.15) is 0 Å². The summed E-state index contributed by atoms with van der Waals surface area (Å²) < 4.78 is 1.75. The molecule has 1 aromatic rings. The minimum absolute atomic E-state index is 0.0645. The molecule has 0 aliphatic carbocycles. The number of aromatic nitrogens is 1. The molecule has 0 fully saturated rings. The van der Waals surface area contributed by atoms with Gasteiger partial charge >= 0.3 is 0 Å². The molecule has 1 aromatic heterocycles. The van der Waals surface area contributed by atoms with E-state index >= 15 is 0 Å². The van der Waals surface area contributed by atoms with E-state index in [1.165, 1.54) is 0 Å². The Morgan fingerprint density at radius 1 is 1.46 bits per heavy atom. The number of hydrogen-bond donors (Lipinski definition) is 1. The van der Waals surface area contributed by atoms with E-state index in [0.29, 0.717) is 13.1 Å². The lowest BCUT2D eigenvalue weighted by Gasteiger charge is -2.13. The second-order valence-corrected chi connectivity index (χ2v) is 3.18.